The van der Waals surface area contributed by atoms with Gasteiger partial charge in [0.15, 0.2) is 0 Å². The van der Waals surface area contributed by atoms with Crippen LogP contribution in [0.3, 0.4) is 0 Å². The number of amides is 2. The molecule has 0 bridgehead atoms. The summed E-state index contributed by atoms with van der Waals surface area (Å²) in [6, 6.07) is 18.7. The maximum absolute atomic E-state index is 12.6. The largest absolute Gasteiger partial charge is 0.295 e. The molecular formula is C31H29N5O2S2. The monoisotopic (exact) mass is 567 g/mol. The zero-order chi connectivity index (χ0) is 27.2. The van der Waals surface area contributed by atoms with Crippen molar-refractivity contribution >= 4 is 51.6 Å². The number of thiol groups is 1. The van der Waals surface area contributed by atoms with Crippen molar-refractivity contribution in [2.75, 3.05) is 13.1 Å². The molecule has 3 aliphatic rings. The van der Waals surface area contributed by atoms with Crippen LogP contribution in [0.2, 0.25) is 0 Å². The molecule has 0 spiro atoms. The molecule has 2 unspecified atom stereocenters. The van der Waals surface area contributed by atoms with Crippen LogP contribution in [-0.4, -0.2) is 50.7 Å². The summed E-state index contributed by atoms with van der Waals surface area (Å²) in [6.07, 6.45) is 5.83. The number of hydrogen-bond donors (Lipinski definition) is 2. The lowest BCUT2D eigenvalue weighted by Gasteiger charge is -2.32. The molecular weight excluding hydrogens is 539 g/mol. The van der Waals surface area contributed by atoms with Crippen molar-refractivity contribution in [3.8, 4) is 10.4 Å². The minimum Gasteiger partial charge on any atom is -0.295 e. The second kappa shape index (κ2) is 10.6. The van der Waals surface area contributed by atoms with E-state index in [9.17, 15) is 9.59 Å². The summed E-state index contributed by atoms with van der Waals surface area (Å²) in [5, 5.41) is 3.47. The van der Waals surface area contributed by atoms with Crippen molar-refractivity contribution in [3.05, 3.63) is 89.4 Å². The molecule has 2 atom stereocenters. The third kappa shape index (κ3) is 4.66. The minimum absolute atomic E-state index is 0.154. The summed E-state index contributed by atoms with van der Waals surface area (Å²) < 4.78 is 0. The number of aromatic nitrogens is 2. The highest BCUT2D eigenvalue weighted by Gasteiger charge is 2.39. The van der Waals surface area contributed by atoms with Crippen molar-refractivity contribution in [2.45, 2.75) is 43.8 Å². The first-order chi connectivity index (χ1) is 19.5. The van der Waals surface area contributed by atoms with E-state index in [1.165, 1.54) is 27.1 Å². The molecule has 7 nitrogen and oxygen atoms in total. The average molecular weight is 568 g/mol. The molecule has 202 valence electrons. The Morgan fingerprint density at radius 3 is 2.73 bits per heavy atom. The summed E-state index contributed by atoms with van der Waals surface area (Å²) in [7, 11) is 0. The summed E-state index contributed by atoms with van der Waals surface area (Å²) in [5.41, 5.74) is 7.22. The summed E-state index contributed by atoms with van der Waals surface area (Å²) in [6.45, 7) is 3.30. The maximum Gasteiger partial charge on any atom is 0.243 e. The molecule has 1 N–H and O–H groups in total. The van der Waals surface area contributed by atoms with E-state index in [-0.39, 0.29) is 23.2 Å². The van der Waals surface area contributed by atoms with Crippen LogP contribution >= 0.6 is 24.0 Å². The first-order valence-electron chi connectivity index (χ1n) is 13.6. The predicted octanol–water partition coefficient (Wildman–Crippen LogP) is 5.20. The maximum atomic E-state index is 12.6. The Kier molecular flexibility index (Phi) is 6.75. The number of carbonyl (C=O) groups is 2. The number of nitrogens with one attached hydrogen (secondary N) is 1. The Hall–Kier alpha value is -3.37. The van der Waals surface area contributed by atoms with Gasteiger partial charge >= 0.3 is 0 Å². The van der Waals surface area contributed by atoms with Gasteiger partial charge in [-0.2, -0.15) is 12.6 Å². The van der Waals surface area contributed by atoms with Crippen LogP contribution in [0.5, 0.6) is 0 Å². The molecule has 9 heteroatoms. The number of carbonyl (C=O) groups excluding carboxylic acids is 2. The van der Waals surface area contributed by atoms with Crippen LogP contribution in [0, 0.1) is 0 Å². The molecule has 0 aliphatic carbocycles. The van der Waals surface area contributed by atoms with Gasteiger partial charge in [-0.15, -0.1) is 11.3 Å². The first-order valence-corrected chi connectivity index (χ1v) is 15.0. The number of rotatable bonds is 5. The second-order valence-corrected chi connectivity index (χ2v) is 12.1. The molecule has 5 heterocycles. The van der Waals surface area contributed by atoms with Crippen LogP contribution in [0.4, 0.5) is 0 Å². The van der Waals surface area contributed by atoms with Gasteiger partial charge < -0.3 is 0 Å². The van der Waals surface area contributed by atoms with Crippen LogP contribution in [0.15, 0.2) is 67.0 Å². The van der Waals surface area contributed by atoms with Crippen molar-refractivity contribution in [2.24, 2.45) is 0 Å². The van der Waals surface area contributed by atoms with E-state index in [1.807, 2.05) is 6.07 Å². The molecule has 40 heavy (non-hydrogen) atoms. The van der Waals surface area contributed by atoms with Crippen molar-refractivity contribution in [3.63, 3.8) is 0 Å². The number of nitrogens with zero attached hydrogens (tertiary/aromatic N) is 4. The molecule has 2 aromatic heterocycles. The van der Waals surface area contributed by atoms with Crippen molar-refractivity contribution in [1.29, 1.82) is 0 Å². The molecule has 3 aliphatic heterocycles. The van der Waals surface area contributed by atoms with Gasteiger partial charge in [0.25, 0.3) is 0 Å². The zero-order valence-corrected chi connectivity index (χ0v) is 23.6. The van der Waals surface area contributed by atoms with Crippen molar-refractivity contribution in [1.82, 2.24) is 25.1 Å². The number of imide groups is 1. The summed E-state index contributed by atoms with van der Waals surface area (Å²) in [5.74, 6) is -0.399. The molecule has 2 aromatic carbocycles. The lowest BCUT2D eigenvalue weighted by Crippen LogP contribution is -2.51. The van der Waals surface area contributed by atoms with Gasteiger partial charge in [0.2, 0.25) is 11.8 Å². The fourth-order valence-electron chi connectivity index (χ4n) is 6.13. The average Bonchev–Trinajstić information content (AvgIpc) is 3.56. The van der Waals surface area contributed by atoms with Gasteiger partial charge in [-0.1, -0.05) is 54.6 Å². The Morgan fingerprint density at radius 1 is 1.05 bits per heavy atom. The molecule has 0 saturated carbocycles. The predicted molar refractivity (Wildman–Crippen MR) is 161 cm³/mol. The molecule has 2 amide bonds. The zero-order valence-electron chi connectivity index (χ0n) is 21.9. The normalized spacial score (nSPS) is 21.9. The third-order valence-electron chi connectivity index (χ3n) is 8.23. The molecule has 4 aromatic rings. The number of benzene rings is 2. The Balaban J connectivity index is 1.08. The first kappa shape index (κ1) is 25.6. The smallest absolute Gasteiger partial charge is 0.243 e. The summed E-state index contributed by atoms with van der Waals surface area (Å²) in [4.78, 5) is 40.3. The molecule has 0 radical (unpaired) electrons. The Morgan fingerprint density at radius 2 is 1.93 bits per heavy atom. The molecule has 7 rings (SSSR count). The fourth-order valence-corrected chi connectivity index (χ4v) is 7.62. The van der Waals surface area contributed by atoms with E-state index in [1.54, 1.807) is 17.7 Å². The number of hydrogen-bond acceptors (Lipinski definition) is 8. The topological polar surface area (TPSA) is 78.4 Å². The quantitative estimate of drug-likeness (QED) is 0.255. The number of thiophene rings is 1. The fraction of sp³-hybridized carbons (Fsp3) is 0.290. The Labute approximate surface area is 242 Å². The second-order valence-electron chi connectivity index (χ2n) is 10.6. The lowest BCUT2D eigenvalue weighted by atomic mass is 9.99. The third-order valence-corrected chi connectivity index (χ3v) is 9.90. The highest BCUT2D eigenvalue weighted by Crippen LogP contribution is 2.41. The standard InChI is InChI=1S/C31H29N5O2S2/c37-27-10-9-25(29(38)34-27)36-17-24-21(7-4-8-22(24)31(36)39)16-35-13-11-20(12-14-35)28-23-15-26(19-5-2-1-3-6-19)40-30(23)33-18-32-28/h1-8,11,15,18,25,31,39H,9-10,12-14,16-17H2,(H,34,37,38). The summed E-state index contributed by atoms with van der Waals surface area (Å²) >= 11 is 6.60. The highest BCUT2D eigenvalue weighted by atomic mass is 32.1. The van der Waals surface area contributed by atoms with E-state index in [0.29, 0.717) is 19.4 Å². The van der Waals surface area contributed by atoms with Crippen LogP contribution in [0.25, 0.3) is 26.2 Å². The SMILES string of the molecule is O=C1CCC(N2Cc3c(CN4CC=C(c5ncnc6sc(-c7ccccc7)cc56)CC4)cccc3C2S)C(=O)N1. The van der Waals surface area contributed by atoms with Gasteiger partial charge in [-0.05, 0) is 46.7 Å². The Bertz CT molecular complexity index is 1650. The van der Waals surface area contributed by atoms with Gasteiger partial charge in [0.1, 0.15) is 11.2 Å². The molecule has 1 saturated heterocycles. The van der Waals surface area contributed by atoms with E-state index in [0.717, 1.165) is 47.5 Å². The van der Waals surface area contributed by atoms with E-state index in [2.05, 4.69) is 74.7 Å². The number of piperidine rings is 1. The molecule has 1 fully saturated rings. The van der Waals surface area contributed by atoms with Crippen molar-refractivity contribution < 1.29 is 9.59 Å². The van der Waals surface area contributed by atoms with Gasteiger partial charge in [0, 0.05) is 42.9 Å². The van der Waals surface area contributed by atoms with E-state index >= 15 is 0 Å². The minimum atomic E-state index is -0.329. The van der Waals surface area contributed by atoms with Gasteiger partial charge in [0.05, 0.1) is 17.1 Å². The van der Waals surface area contributed by atoms with Crippen LogP contribution in [0.1, 0.15) is 47.0 Å². The van der Waals surface area contributed by atoms with Gasteiger partial charge in [-0.25, -0.2) is 9.97 Å². The highest BCUT2D eigenvalue weighted by molar-refractivity contribution is 7.80. The van der Waals surface area contributed by atoms with Gasteiger partial charge in [-0.3, -0.25) is 24.7 Å². The van der Waals surface area contributed by atoms with E-state index in [4.69, 9.17) is 17.6 Å². The number of fused-ring (bicyclic) bond motifs is 2. The van der Waals surface area contributed by atoms with E-state index < -0.39 is 0 Å². The van der Waals surface area contributed by atoms with Crippen LogP contribution < -0.4 is 5.32 Å². The lowest BCUT2D eigenvalue weighted by molar-refractivity contribution is -0.137. The van der Waals surface area contributed by atoms with Crippen LogP contribution in [-0.2, 0) is 22.7 Å².